The molecule has 0 bridgehead atoms. The van der Waals surface area contributed by atoms with Gasteiger partial charge in [0.25, 0.3) is 0 Å². The first-order valence-corrected chi connectivity index (χ1v) is 4.32. The molecule has 0 spiro atoms. The quantitative estimate of drug-likeness (QED) is 0.707. The summed E-state index contributed by atoms with van der Waals surface area (Å²) in [6.07, 6.45) is 2.36. The van der Waals surface area contributed by atoms with Crippen LogP contribution in [0.1, 0.15) is 25.3 Å². The topological polar surface area (TPSA) is 46.1 Å². The summed E-state index contributed by atoms with van der Waals surface area (Å²) in [4.78, 5) is 0. The molecule has 1 rings (SSSR count). The highest BCUT2D eigenvalue weighted by Gasteiger charge is 1.97. The molecule has 0 unspecified atom stereocenters. The zero-order valence-electron chi connectivity index (χ0n) is 7.47. The number of rotatable bonds is 3. The highest BCUT2D eigenvalue weighted by Crippen LogP contribution is 2.27. The Kier molecular flexibility index (Phi) is 3.12. The summed E-state index contributed by atoms with van der Waals surface area (Å²) in [5.41, 5.74) is 0.424. The van der Waals surface area contributed by atoms with Gasteiger partial charge in [-0.3, -0.25) is 0 Å². The fraction of sp³-hybridized carbons (Fsp3) is 0.400. The largest absolute Gasteiger partial charge is 0.873 e. The molecule has 0 fully saturated rings. The van der Waals surface area contributed by atoms with E-state index in [0.29, 0.717) is 12.0 Å². The Morgan fingerprint density at radius 3 is 2.54 bits per heavy atom. The van der Waals surface area contributed by atoms with Gasteiger partial charge in [0.15, 0.2) is 0 Å². The summed E-state index contributed by atoms with van der Waals surface area (Å²) in [6.45, 7) is 1.99. The second kappa shape index (κ2) is 4.12. The number of aryl methyl sites for hydroxylation is 1. The Morgan fingerprint density at radius 1 is 1.23 bits per heavy atom. The van der Waals surface area contributed by atoms with Gasteiger partial charge in [0.05, 0.1) is 0 Å². The van der Waals surface area contributed by atoms with Gasteiger partial charge in [0, 0.05) is 0 Å². The molecule has 0 saturated carbocycles. The van der Waals surface area contributed by atoms with Gasteiger partial charge in [0.1, 0.15) is 5.82 Å². The minimum absolute atomic E-state index is 0.424. The summed E-state index contributed by atoms with van der Waals surface area (Å²) in [6, 6.07) is 2.46. The van der Waals surface area contributed by atoms with Gasteiger partial charge < -0.3 is 10.2 Å². The van der Waals surface area contributed by atoms with Crippen molar-refractivity contribution in [3.63, 3.8) is 0 Å². The second-order valence-corrected chi connectivity index (χ2v) is 2.97. The Morgan fingerprint density at radius 2 is 1.92 bits per heavy atom. The van der Waals surface area contributed by atoms with Crippen LogP contribution in [0, 0.1) is 5.82 Å². The first-order valence-electron chi connectivity index (χ1n) is 4.32. The van der Waals surface area contributed by atoms with Crippen LogP contribution >= 0.6 is 0 Å². The van der Waals surface area contributed by atoms with Crippen LogP contribution < -0.4 is 10.2 Å². The van der Waals surface area contributed by atoms with Gasteiger partial charge in [-0.15, -0.1) is 5.75 Å². The molecular formula is C10H11FO2-2. The first kappa shape index (κ1) is 9.84. The van der Waals surface area contributed by atoms with E-state index in [2.05, 4.69) is 0 Å². The van der Waals surface area contributed by atoms with E-state index in [4.69, 9.17) is 0 Å². The van der Waals surface area contributed by atoms with Gasteiger partial charge in [0.2, 0.25) is 0 Å². The van der Waals surface area contributed by atoms with E-state index in [0.717, 1.165) is 18.9 Å². The molecule has 72 valence electrons. The van der Waals surface area contributed by atoms with Crippen LogP contribution in [-0.2, 0) is 6.42 Å². The van der Waals surface area contributed by atoms with Crippen molar-refractivity contribution in [2.45, 2.75) is 26.2 Å². The highest BCUT2D eigenvalue weighted by atomic mass is 19.1. The van der Waals surface area contributed by atoms with Gasteiger partial charge in [-0.2, -0.15) is 0 Å². The number of halogens is 1. The fourth-order valence-corrected chi connectivity index (χ4v) is 1.14. The lowest BCUT2D eigenvalue weighted by atomic mass is 10.1. The molecule has 0 aliphatic rings. The van der Waals surface area contributed by atoms with E-state index in [9.17, 15) is 14.6 Å². The third-order valence-electron chi connectivity index (χ3n) is 1.95. The SMILES string of the molecule is CCCCc1ccc(F)c([O-])c1[O-]. The highest BCUT2D eigenvalue weighted by molar-refractivity contribution is 5.43. The molecule has 3 heteroatoms. The maximum Gasteiger partial charge on any atom is 0.114 e. The van der Waals surface area contributed by atoms with Crippen LogP contribution in [0.3, 0.4) is 0 Å². The number of hydrogen-bond acceptors (Lipinski definition) is 2. The molecule has 0 saturated heterocycles. The van der Waals surface area contributed by atoms with E-state index in [1.165, 1.54) is 6.07 Å². The summed E-state index contributed by atoms with van der Waals surface area (Å²) >= 11 is 0. The molecular weight excluding hydrogens is 171 g/mol. The molecule has 0 amide bonds. The molecule has 1 aromatic carbocycles. The lowest BCUT2D eigenvalue weighted by Crippen LogP contribution is -2.05. The van der Waals surface area contributed by atoms with Gasteiger partial charge >= 0.3 is 0 Å². The second-order valence-electron chi connectivity index (χ2n) is 2.97. The van der Waals surface area contributed by atoms with Crippen LogP contribution in [0.15, 0.2) is 12.1 Å². The summed E-state index contributed by atoms with van der Waals surface area (Å²) in [7, 11) is 0. The standard InChI is InChI=1S/C10H13FO2/c1-2-3-4-7-5-6-8(11)10(13)9(7)12/h5-6,12-13H,2-4H2,1H3/p-2. The lowest BCUT2D eigenvalue weighted by molar-refractivity contribution is -0.320. The van der Waals surface area contributed by atoms with Crippen molar-refractivity contribution in [2.75, 3.05) is 0 Å². The Balaban J connectivity index is 2.90. The molecule has 0 heterocycles. The fourth-order valence-electron chi connectivity index (χ4n) is 1.14. The Labute approximate surface area is 76.6 Å². The molecule has 0 aliphatic carbocycles. The minimum Gasteiger partial charge on any atom is -0.873 e. The van der Waals surface area contributed by atoms with Crippen LogP contribution in [0.5, 0.6) is 11.5 Å². The molecule has 0 aliphatic heterocycles. The number of hydrogen-bond donors (Lipinski definition) is 0. The van der Waals surface area contributed by atoms with Crippen LogP contribution in [-0.4, -0.2) is 0 Å². The van der Waals surface area contributed by atoms with Gasteiger partial charge in [-0.1, -0.05) is 30.7 Å². The third kappa shape index (κ3) is 2.11. The summed E-state index contributed by atoms with van der Waals surface area (Å²) < 4.78 is 12.6. The zero-order chi connectivity index (χ0) is 9.84. The van der Waals surface area contributed by atoms with Gasteiger partial charge in [-0.05, 0) is 18.9 Å². The minimum atomic E-state index is -1.01. The van der Waals surface area contributed by atoms with Crippen molar-refractivity contribution in [1.29, 1.82) is 0 Å². The van der Waals surface area contributed by atoms with E-state index in [1.807, 2.05) is 6.92 Å². The smallest absolute Gasteiger partial charge is 0.114 e. The van der Waals surface area contributed by atoms with Crippen LogP contribution in [0.25, 0.3) is 0 Å². The molecule has 0 aromatic heterocycles. The maximum atomic E-state index is 12.6. The Bertz CT molecular complexity index is 297. The molecule has 1 aromatic rings. The predicted molar refractivity (Wildman–Crippen MR) is 43.9 cm³/mol. The monoisotopic (exact) mass is 182 g/mol. The molecule has 0 radical (unpaired) electrons. The number of unbranched alkanes of at least 4 members (excludes halogenated alkanes) is 1. The van der Waals surface area contributed by atoms with E-state index >= 15 is 0 Å². The molecule has 2 nitrogen and oxygen atoms in total. The summed E-state index contributed by atoms with van der Waals surface area (Å²) in [5.74, 6) is -2.65. The van der Waals surface area contributed by atoms with Crippen molar-refractivity contribution < 1.29 is 14.6 Å². The van der Waals surface area contributed by atoms with Crippen molar-refractivity contribution in [1.82, 2.24) is 0 Å². The average molecular weight is 182 g/mol. The molecule has 0 atom stereocenters. The first-order chi connectivity index (χ1) is 6.16. The van der Waals surface area contributed by atoms with E-state index in [-0.39, 0.29) is 0 Å². The van der Waals surface area contributed by atoms with Crippen LogP contribution in [0.4, 0.5) is 4.39 Å². The normalized spacial score (nSPS) is 10.3. The zero-order valence-corrected chi connectivity index (χ0v) is 7.47. The van der Waals surface area contributed by atoms with Crippen LogP contribution in [0.2, 0.25) is 0 Å². The number of benzene rings is 1. The van der Waals surface area contributed by atoms with Crippen molar-refractivity contribution >= 4 is 0 Å². The van der Waals surface area contributed by atoms with Crippen molar-refractivity contribution in [3.8, 4) is 11.5 Å². The average Bonchev–Trinajstić information content (AvgIpc) is 2.13. The molecule has 13 heavy (non-hydrogen) atoms. The van der Waals surface area contributed by atoms with E-state index < -0.39 is 17.3 Å². The Hall–Kier alpha value is -1.25. The van der Waals surface area contributed by atoms with E-state index in [1.54, 1.807) is 0 Å². The summed E-state index contributed by atoms with van der Waals surface area (Å²) in [5, 5.41) is 22.0. The van der Waals surface area contributed by atoms with Crippen molar-refractivity contribution in [2.24, 2.45) is 0 Å². The predicted octanol–water partition coefficient (Wildman–Crippen LogP) is 1.32. The maximum absolute atomic E-state index is 12.6. The lowest BCUT2D eigenvalue weighted by Gasteiger charge is -2.22. The molecule has 0 N–H and O–H groups in total. The third-order valence-corrected chi connectivity index (χ3v) is 1.95. The van der Waals surface area contributed by atoms with Gasteiger partial charge in [-0.25, -0.2) is 4.39 Å². The van der Waals surface area contributed by atoms with Crippen molar-refractivity contribution in [3.05, 3.63) is 23.5 Å².